The van der Waals surface area contributed by atoms with Crippen LogP contribution in [0.2, 0.25) is 0 Å². The number of aromatic nitrogens is 2. The van der Waals surface area contributed by atoms with E-state index in [2.05, 4.69) is 31.2 Å². The maximum atomic E-state index is 9.67. The molecule has 2 aromatic heterocycles. The van der Waals surface area contributed by atoms with Gasteiger partial charge in [-0.2, -0.15) is 0 Å². The van der Waals surface area contributed by atoms with Gasteiger partial charge in [-0.3, -0.25) is 9.97 Å². The lowest BCUT2D eigenvalue weighted by Gasteiger charge is -2.27. The first-order valence-electron chi connectivity index (χ1n) is 6.97. The van der Waals surface area contributed by atoms with Gasteiger partial charge in [0.15, 0.2) is 0 Å². The monoisotopic (exact) mass is 335 g/mol. The van der Waals surface area contributed by atoms with Crippen molar-refractivity contribution in [2.75, 3.05) is 18.5 Å². The summed E-state index contributed by atoms with van der Waals surface area (Å²) in [6, 6.07) is 3.91. The van der Waals surface area contributed by atoms with E-state index < -0.39 is 0 Å². The van der Waals surface area contributed by atoms with Crippen LogP contribution in [-0.2, 0) is 0 Å². The summed E-state index contributed by atoms with van der Waals surface area (Å²) in [6.07, 6.45) is 8.19. The number of hydrogen-bond acceptors (Lipinski definition) is 4. The summed E-state index contributed by atoms with van der Waals surface area (Å²) >= 11 is 3.41. The quantitative estimate of drug-likeness (QED) is 0.899. The molecule has 0 unspecified atom stereocenters. The second kappa shape index (κ2) is 5.66. The Morgan fingerprint density at radius 2 is 2.10 bits per heavy atom. The highest BCUT2D eigenvalue weighted by Crippen LogP contribution is 2.38. The highest BCUT2D eigenvalue weighted by atomic mass is 79.9. The minimum absolute atomic E-state index is 0.0327. The van der Waals surface area contributed by atoms with Crippen molar-refractivity contribution in [3.63, 3.8) is 0 Å². The van der Waals surface area contributed by atoms with Crippen LogP contribution in [0.3, 0.4) is 0 Å². The highest BCUT2D eigenvalue weighted by molar-refractivity contribution is 9.10. The molecule has 2 N–H and O–H groups in total. The number of nitrogens with zero attached hydrogens (tertiary/aromatic N) is 2. The molecular weight excluding hydrogens is 318 g/mol. The van der Waals surface area contributed by atoms with E-state index in [1.54, 1.807) is 12.4 Å². The third kappa shape index (κ3) is 2.65. The van der Waals surface area contributed by atoms with Crippen LogP contribution >= 0.6 is 15.9 Å². The fourth-order valence-electron chi connectivity index (χ4n) is 2.95. The zero-order valence-electron chi connectivity index (χ0n) is 11.3. The van der Waals surface area contributed by atoms with Crippen LogP contribution in [0.25, 0.3) is 11.0 Å². The molecule has 1 fully saturated rings. The van der Waals surface area contributed by atoms with Crippen molar-refractivity contribution in [2.45, 2.75) is 25.7 Å². The van der Waals surface area contributed by atoms with Gasteiger partial charge in [0, 0.05) is 28.8 Å². The average Bonchev–Trinajstić information content (AvgIpc) is 2.94. The Bertz CT molecular complexity index is 611. The lowest BCUT2D eigenvalue weighted by molar-refractivity contribution is 0.142. The maximum absolute atomic E-state index is 9.67. The van der Waals surface area contributed by atoms with Crippen LogP contribution in [0.1, 0.15) is 25.7 Å². The van der Waals surface area contributed by atoms with Gasteiger partial charge >= 0.3 is 0 Å². The zero-order chi connectivity index (χ0) is 14.0. The molecule has 1 aliphatic carbocycles. The molecule has 0 aliphatic heterocycles. The molecule has 1 aliphatic rings. The molecule has 0 aromatic carbocycles. The van der Waals surface area contributed by atoms with Crippen molar-refractivity contribution >= 4 is 32.7 Å². The number of halogens is 1. The second-order valence-electron chi connectivity index (χ2n) is 5.60. The Kier molecular flexibility index (Phi) is 3.89. The van der Waals surface area contributed by atoms with E-state index in [0.29, 0.717) is 0 Å². The van der Waals surface area contributed by atoms with Gasteiger partial charge in [-0.05, 0) is 40.9 Å². The molecule has 0 atom stereocenters. The smallest absolute Gasteiger partial charge is 0.112 e. The number of rotatable bonds is 4. The molecule has 2 heterocycles. The molecule has 3 rings (SSSR count). The molecule has 5 heteroatoms. The number of nitrogens with one attached hydrogen (secondary N) is 1. The highest BCUT2D eigenvalue weighted by Gasteiger charge is 2.33. The van der Waals surface area contributed by atoms with E-state index >= 15 is 0 Å². The van der Waals surface area contributed by atoms with Gasteiger partial charge in [0.05, 0.1) is 17.8 Å². The fraction of sp³-hybridized carbons (Fsp3) is 0.467. The number of aliphatic hydroxyl groups excluding tert-OH is 1. The Balaban J connectivity index is 1.84. The first kappa shape index (κ1) is 13.8. The first-order valence-corrected chi connectivity index (χ1v) is 7.77. The van der Waals surface area contributed by atoms with Crippen LogP contribution < -0.4 is 5.32 Å². The van der Waals surface area contributed by atoms with E-state index in [1.165, 1.54) is 12.8 Å². The van der Waals surface area contributed by atoms with Crippen molar-refractivity contribution in [2.24, 2.45) is 5.41 Å². The number of fused-ring (bicyclic) bond motifs is 1. The fourth-order valence-corrected chi connectivity index (χ4v) is 3.27. The van der Waals surface area contributed by atoms with Crippen molar-refractivity contribution < 1.29 is 5.11 Å². The van der Waals surface area contributed by atoms with Gasteiger partial charge in [-0.1, -0.05) is 12.8 Å². The van der Waals surface area contributed by atoms with Gasteiger partial charge in [0.1, 0.15) is 5.52 Å². The van der Waals surface area contributed by atoms with Crippen molar-refractivity contribution in [3.05, 3.63) is 29.0 Å². The van der Waals surface area contributed by atoms with Gasteiger partial charge in [-0.25, -0.2) is 0 Å². The van der Waals surface area contributed by atoms with Crippen LogP contribution in [0.5, 0.6) is 0 Å². The summed E-state index contributed by atoms with van der Waals surface area (Å²) in [7, 11) is 0. The summed E-state index contributed by atoms with van der Waals surface area (Å²) < 4.78 is 0.928. The number of aliphatic hydroxyl groups is 1. The molecular formula is C15H18BrN3O. The second-order valence-corrected chi connectivity index (χ2v) is 6.51. The molecule has 1 saturated carbocycles. The largest absolute Gasteiger partial charge is 0.396 e. The molecule has 0 amide bonds. The number of pyridine rings is 2. The molecule has 0 spiro atoms. The Morgan fingerprint density at radius 3 is 2.85 bits per heavy atom. The van der Waals surface area contributed by atoms with Crippen LogP contribution in [0.4, 0.5) is 5.69 Å². The summed E-state index contributed by atoms with van der Waals surface area (Å²) in [5.41, 5.74) is 2.77. The third-order valence-electron chi connectivity index (χ3n) is 4.20. The van der Waals surface area contributed by atoms with Crippen LogP contribution in [0.15, 0.2) is 29.0 Å². The molecule has 2 aromatic rings. The number of hydrogen-bond donors (Lipinski definition) is 2. The standard InChI is InChI=1S/C15H18BrN3O/c16-11-7-13-14(18-8-11)12(3-6-17-13)19-9-15(10-20)4-1-2-5-15/h3,6-8,20H,1-2,4-5,9-10H2,(H,17,19). The lowest BCUT2D eigenvalue weighted by Crippen LogP contribution is -2.30. The molecule has 106 valence electrons. The Hall–Kier alpha value is -1.20. The normalized spacial score (nSPS) is 17.5. The van der Waals surface area contributed by atoms with Gasteiger partial charge < -0.3 is 10.4 Å². The van der Waals surface area contributed by atoms with E-state index in [0.717, 1.165) is 40.6 Å². The van der Waals surface area contributed by atoms with Gasteiger partial charge in [0.2, 0.25) is 0 Å². The summed E-state index contributed by atoms with van der Waals surface area (Å²) in [5.74, 6) is 0. The summed E-state index contributed by atoms with van der Waals surface area (Å²) in [5, 5.41) is 13.1. The SMILES string of the molecule is OCC1(CNc2ccnc3cc(Br)cnc23)CCCC1. The summed E-state index contributed by atoms with van der Waals surface area (Å²) in [4.78, 5) is 8.78. The average molecular weight is 336 g/mol. The molecule has 0 saturated heterocycles. The summed E-state index contributed by atoms with van der Waals surface area (Å²) in [6.45, 7) is 1.04. The Labute approximate surface area is 126 Å². The third-order valence-corrected chi connectivity index (χ3v) is 4.63. The van der Waals surface area contributed by atoms with Crippen LogP contribution in [-0.4, -0.2) is 28.2 Å². The lowest BCUT2D eigenvalue weighted by atomic mass is 9.87. The first-order chi connectivity index (χ1) is 9.72. The van der Waals surface area contributed by atoms with E-state index in [9.17, 15) is 5.11 Å². The topological polar surface area (TPSA) is 58.0 Å². The Morgan fingerprint density at radius 1 is 1.30 bits per heavy atom. The van der Waals surface area contributed by atoms with Crippen LogP contribution in [0, 0.1) is 5.41 Å². The van der Waals surface area contributed by atoms with Crippen molar-refractivity contribution in [1.29, 1.82) is 0 Å². The predicted octanol–water partition coefficient (Wildman–Crippen LogP) is 3.36. The van der Waals surface area contributed by atoms with E-state index in [4.69, 9.17) is 0 Å². The van der Waals surface area contributed by atoms with Crippen molar-refractivity contribution in [3.8, 4) is 0 Å². The molecule has 0 bridgehead atoms. The zero-order valence-corrected chi connectivity index (χ0v) is 12.9. The van der Waals surface area contributed by atoms with Gasteiger partial charge in [0.25, 0.3) is 0 Å². The minimum atomic E-state index is 0.0327. The van der Waals surface area contributed by atoms with E-state index in [1.807, 2.05) is 12.1 Å². The maximum Gasteiger partial charge on any atom is 0.112 e. The molecule has 0 radical (unpaired) electrons. The van der Waals surface area contributed by atoms with E-state index in [-0.39, 0.29) is 12.0 Å². The molecule has 4 nitrogen and oxygen atoms in total. The van der Waals surface area contributed by atoms with Crippen molar-refractivity contribution in [1.82, 2.24) is 9.97 Å². The molecule has 20 heavy (non-hydrogen) atoms. The van der Waals surface area contributed by atoms with Gasteiger partial charge in [-0.15, -0.1) is 0 Å². The predicted molar refractivity (Wildman–Crippen MR) is 83.7 cm³/mol. The number of anilines is 1. The minimum Gasteiger partial charge on any atom is -0.396 e.